The molecule has 0 unspecified atom stereocenters. The topological polar surface area (TPSA) is 97.1 Å². The number of piperidine rings is 1. The van der Waals surface area contributed by atoms with Gasteiger partial charge in [0, 0.05) is 45.0 Å². The summed E-state index contributed by atoms with van der Waals surface area (Å²) in [5.41, 5.74) is 6.50. The number of rotatable bonds is 6. The Balaban J connectivity index is 1.27. The number of urea groups is 1. The van der Waals surface area contributed by atoms with Crippen LogP contribution in [0.2, 0.25) is 0 Å². The number of nitrogens with one attached hydrogen (secondary N) is 1. The molecule has 0 aromatic heterocycles. The second-order valence-electron chi connectivity index (χ2n) is 7.96. The maximum Gasteiger partial charge on any atom is 0.316 e. The molecule has 0 bridgehead atoms. The van der Waals surface area contributed by atoms with Crippen LogP contribution in [0.15, 0.2) is 42.5 Å². The Morgan fingerprint density at radius 3 is 2.80 bits per heavy atom. The van der Waals surface area contributed by atoms with Crippen molar-refractivity contribution in [2.24, 2.45) is 5.73 Å². The van der Waals surface area contributed by atoms with Crippen molar-refractivity contribution >= 4 is 11.7 Å². The van der Waals surface area contributed by atoms with E-state index in [1.165, 1.54) is 17.7 Å². The first kappa shape index (κ1) is 20.4. The van der Waals surface area contributed by atoms with Crippen LogP contribution in [0.3, 0.4) is 0 Å². The van der Waals surface area contributed by atoms with E-state index in [1.807, 2.05) is 18.2 Å². The number of amides is 2. The zero-order valence-corrected chi connectivity index (χ0v) is 16.6. The monoisotopic (exact) mass is 415 g/mol. The minimum Gasteiger partial charge on any atom is -0.489 e. The van der Waals surface area contributed by atoms with Gasteiger partial charge < -0.3 is 30.5 Å². The molecule has 160 valence electrons. The molecule has 0 aliphatic carbocycles. The largest absolute Gasteiger partial charge is 0.489 e. The van der Waals surface area contributed by atoms with Crippen LogP contribution in [-0.2, 0) is 6.42 Å². The zero-order chi connectivity index (χ0) is 21.1. The van der Waals surface area contributed by atoms with E-state index in [0.717, 1.165) is 44.2 Å². The molecule has 2 heterocycles. The molecule has 0 saturated carbocycles. The fraction of sp³-hybridized carbons (Fsp3) is 0.409. The molecule has 1 atom stereocenters. The molecule has 0 radical (unpaired) electrons. The number of carbonyl (C=O) groups excluding carboxylic acids is 1. The number of anilines is 1. The van der Waals surface area contributed by atoms with Crippen molar-refractivity contribution in [3.8, 4) is 11.5 Å². The standard InChI is InChI=1S/C22H26FN3O4/c23-16-5-6-18(25-21(24)28)20(11-16)29-14-17(27)13-26-9-7-22(8-10-26)12-15-3-1-2-4-19(15)30-22/h1-6,11,17,27H,7-10,12-14H2,(H3,24,25,28)/t17-/m1/s1. The molecular weight excluding hydrogens is 389 g/mol. The quantitative estimate of drug-likeness (QED) is 0.674. The van der Waals surface area contributed by atoms with Crippen molar-refractivity contribution in [3.63, 3.8) is 0 Å². The Hall–Kier alpha value is -2.84. The summed E-state index contributed by atoms with van der Waals surface area (Å²) in [6, 6.07) is 11.1. The number of fused-ring (bicyclic) bond motifs is 1. The predicted molar refractivity (Wildman–Crippen MR) is 110 cm³/mol. The van der Waals surface area contributed by atoms with Crippen molar-refractivity contribution in [3.05, 3.63) is 53.8 Å². The molecule has 7 nitrogen and oxygen atoms in total. The van der Waals surface area contributed by atoms with Gasteiger partial charge in [0.15, 0.2) is 0 Å². The molecule has 1 fully saturated rings. The van der Waals surface area contributed by atoms with E-state index in [1.54, 1.807) is 0 Å². The van der Waals surface area contributed by atoms with Gasteiger partial charge in [-0.15, -0.1) is 0 Å². The number of ether oxygens (including phenoxy) is 2. The van der Waals surface area contributed by atoms with Gasteiger partial charge in [0.05, 0.1) is 5.69 Å². The van der Waals surface area contributed by atoms with Crippen LogP contribution < -0.4 is 20.5 Å². The second-order valence-corrected chi connectivity index (χ2v) is 7.96. The number of nitrogens with two attached hydrogens (primary N) is 1. The third-order valence-corrected chi connectivity index (χ3v) is 5.68. The van der Waals surface area contributed by atoms with Crippen LogP contribution in [0.4, 0.5) is 14.9 Å². The lowest BCUT2D eigenvalue weighted by molar-refractivity contribution is -0.00192. The number of benzene rings is 2. The lowest BCUT2D eigenvalue weighted by atomic mass is 9.87. The molecule has 4 N–H and O–H groups in total. The number of aliphatic hydroxyl groups is 1. The number of primary amides is 1. The van der Waals surface area contributed by atoms with E-state index in [9.17, 15) is 14.3 Å². The number of halogens is 1. The molecule has 1 spiro atoms. The average Bonchev–Trinajstić information content (AvgIpc) is 3.07. The summed E-state index contributed by atoms with van der Waals surface area (Å²) < 4.78 is 25.3. The van der Waals surface area contributed by atoms with Crippen molar-refractivity contribution in [2.75, 3.05) is 31.6 Å². The SMILES string of the molecule is NC(=O)Nc1ccc(F)cc1OC[C@H](O)CN1CCC2(CC1)Cc1ccccc1O2. The van der Waals surface area contributed by atoms with Crippen LogP contribution in [0.25, 0.3) is 0 Å². The molecule has 8 heteroatoms. The summed E-state index contributed by atoms with van der Waals surface area (Å²) in [7, 11) is 0. The number of hydrogen-bond donors (Lipinski definition) is 3. The summed E-state index contributed by atoms with van der Waals surface area (Å²) in [4.78, 5) is 13.3. The number of para-hydroxylation sites is 1. The van der Waals surface area contributed by atoms with Crippen LogP contribution in [0.5, 0.6) is 11.5 Å². The minimum atomic E-state index is -0.773. The predicted octanol–water partition coefficient (Wildman–Crippen LogP) is 2.53. The number of nitrogens with zero attached hydrogens (tertiary/aromatic N) is 1. The van der Waals surface area contributed by atoms with Crippen LogP contribution in [0, 0.1) is 5.82 Å². The molecule has 2 aromatic rings. The van der Waals surface area contributed by atoms with Gasteiger partial charge >= 0.3 is 6.03 Å². The lowest BCUT2D eigenvalue weighted by Crippen LogP contribution is -2.49. The third kappa shape index (κ3) is 4.66. The summed E-state index contributed by atoms with van der Waals surface area (Å²) in [5, 5.41) is 12.8. The Morgan fingerprint density at radius 2 is 2.07 bits per heavy atom. The van der Waals surface area contributed by atoms with E-state index in [0.29, 0.717) is 6.54 Å². The van der Waals surface area contributed by atoms with Crippen LogP contribution in [0.1, 0.15) is 18.4 Å². The third-order valence-electron chi connectivity index (χ3n) is 5.68. The summed E-state index contributed by atoms with van der Waals surface area (Å²) in [5.74, 6) is 0.603. The highest BCUT2D eigenvalue weighted by Gasteiger charge is 2.41. The fourth-order valence-corrected chi connectivity index (χ4v) is 4.18. The summed E-state index contributed by atoms with van der Waals surface area (Å²) >= 11 is 0. The summed E-state index contributed by atoms with van der Waals surface area (Å²) in [6.45, 7) is 2.05. The van der Waals surface area contributed by atoms with E-state index in [2.05, 4.69) is 16.3 Å². The van der Waals surface area contributed by atoms with Gasteiger partial charge in [-0.1, -0.05) is 18.2 Å². The number of hydrogen-bond acceptors (Lipinski definition) is 5. The van der Waals surface area contributed by atoms with Crippen LogP contribution >= 0.6 is 0 Å². The van der Waals surface area contributed by atoms with Crippen LogP contribution in [-0.4, -0.2) is 54.0 Å². The van der Waals surface area contributed by atoms with Crippen molar-refractivity contribution < 1.29 is 23.8 Å². The Labute approximate surface area is 174 Å². The number of carbonyl (C=O) groups is 1. The number of aliphatic hydroxyl groups excluding tert-OH is 1. The average molecular weight is 415 g/mol. The normalized spacial score (nSPS) is 18.5. The van der Waals surface area contributed by atoms with Crippen molar-refractivity contribution in [1.82, 2.24) is 4.90 Å². The van der Waals surface area contributed by atoms with Gasteiger partial charge in [0.2, 0.25) is 0 Å². The van der Waals surface area contributed by atoms with E-state index >= 15 is 0 Å². The smallest absolute Gasteiger partial charge is 0.316 e. The highest BCUT2D eigenvalue weighted by molar-refractivity contribution is 5.89. The van der Waals surface area contributed by atoms with E-state index in [-0.39, 0.29) is 23.6 Å². The Morgan fingerprint density at radius 1 is 1.30 bits per heavy atom. The zero-order valence-electron chi connectivity index (χ0n) is 16.6. The highest BCUT2D eigenvalue weighted by Crippen LogP contribution is 2.40. The van der Waals surface area contributed by atoms with Gasteiger partial charge in [-0.05, 0) is 23.8 Å². The second kappa shape index (κ2) is 8.49. The fourth-order valence-electron chi connectivity index (χ4n) is 4.18. The maximum absolute atomic E-state index is 13.5. The van der Waals surface area contributed by atoms with Gasteiger partial charge in [-0.3, -0.25) is 0 Å². The van der Waals surface area contributed by atoms with Crippen molar-refractivity contribution in [1.29, 1.82) is 0 Å². The maximum atomic E-state index is 13.5. The lowest BCUT2D eigenvalue weighted by Gasteiger charge is -2.39. The first-order valence-corrected chi connectivity index (χ1v) is 10.1. The van der Waals surface area contributed by atoms with Gasteiger partial charge in [0.25, 0.3) is 0 Å². The first-order valence-electron chi connectivity index (χ1n) is 10.1. The van der Waals surface area contributed by atoms with Crippen molar-refractivity contribution in [2.45, 2.75) is 31.0 Å². The molecule has 1 saturated heterocycles. The number of likely N-dealkylation sites (tertiary alicyclic amines) is 1. The number of β-amino-alcohol motifs (C(OH)–C–C–N with tert-alkyl or cyclic N) is 1. The van der Waals surface area contributed by atoms with Gasteiger partial charge in [-0.25, -0.2) is 9.18 Å². The van der Waals surface area contributed by atoms with Gasteiger partial charge in [-0.2, -0.15) is 0 Å². The Bertz CT molecular complexity index is 888. The van der Waals surface area contributed by atoms with E-state index in [4.69, 9.17) is 15.2 Å². The van der Waals surface area contributed by atoms with Gasteiger partial charge in [0.1, 0.15) is 35.6 Å². The first-order chi connectivity index (χ1) is 14.4. The molecule has 4 rings (SSSR count). The highest BCUT2D eigenvalue weighted by atomic mass is 19.1. The molecule has 2 aromatic carbocycles. The Kier molecular flexibility index (Phi) is 5.78. The minimum absolute atomic E-state index is 0.0273. The molecule has 2 amide bonds. The van der Waals surface area contributed by atoms with E-state index < -0.39 is 18.0 Å². The molecule has 30 heavy (non-hydrogen) atoms. The molecule has 2 aliphatic rings. The molecular formula is C22H26FN3O4. The summed E-state index contributed by atoms with van der Waals surface area (Å²) in [6.07, 6.45) is 1.96. The molecule has 2 aliphatic heterocycles.